The fraction of sp³-hybridized carbons (Fsp3) is 0.600. The van der Waals surface area contributed by atoms with E-state index in [4.69, 9.17) is 15.2 Å². The molecule has 1 aromatic carbocycles. The average molecular weight is 249 g/mol. The molecule has 0 bridgehead atoms. The van der Waals surface area contributed by atoms with Gasteiger partial charge in [0.05, 0.1) is 14.2 Å². The molecule has 18 heavy (non-hydrogen) atoms. The Morgan fingerprint density at radius 2 is 1.67 bits per heavy atom. The monoisotopic (exact) mass is 249 g/mol. The van der Waals surface area contributed by atoms with E-state index in [1.54, 1.807) is 14.2 Å². The predicted octanol–water partition coefficient (Wildman–Crippen LogP) is 2.99. The average Bonchev–Trinajstić information content (AvgIpc) is 2.85. The highest BCUT2D eigenvalue weighted by molar-refractivity contribution is 5.50. The van der Waals surface area contributed by atoms with Crippen molar-refractivity contribution in [1.29, 1.82) is 0 Å². The molecule has 3 heteroatoms. The second-order valence-corrected chi connectivity index (χ2v) is 5.08. The van der Waals surface area contributed by atoms with Crippen molar-refractivity contribution in [2.75, 3.05) is 14.2 Å². The topological polar surface area (TPSA) is 44.5 Å². The molecule has 2 N–H and O–H groups in total. The lowest BCUT2D eigenvalue weighted by Gasteiger charge is -2.28. The molecule has 0 aliphatic heterocycles. The van der Waals surface area contributed by atoms with Gasteiger partial charge < -0.3 is 15.2 Å². The summed E-state index contributed by atoms with van der Waals surface area (Å²) in [6, 6.07) is 4.14. The van der Waals surface area contributed by atoms with Crippen molar-refractivity contribution >= 4 is 0 Å². The molecule has 1 saturated carbocycles. The highest BCUT2D eigenvalue weighted by atomic mass is 16.5. The number of hydrogen-bond acceptors (Lipinski definition) is 3. The van der Waals surface area contributed by atoms with Gasteiger partial charge in [0.2, 0.25) is 0 Å². The summed E-state index contributed by atoms with van der Waals surface area (Å²) in [5.41, 5.74) is 8.91. The van der Waals surface area contributed by atoms with Crippen LogP contribution >= 0.6 is 0 Å². The molecule has 3 nitrogen and oxygen atoms in total. The summed E-state index contributed by atoms with van der Waals surface area (Å²) < 4.78 is 10.8. The smallest absolute Gasteiger partial charge is 0.161 e. The van der Waals surface area contributed by atoms with Crippen molar-refractivity contribution in [2.45, 2.75) is 44.6 Å². The zero-order valence-corrected chi connectivity index (χ0v) is 11.6. The van der Waals surface area contributed by atoms with Gasteiger partial charge in [0.1, 0.15) is 0 Å². The molecule has 0 unspecified atom stereocenters. The van der Waals surface area contributed by atoms with Crippen LogP contribution in [0.25, 0.3) is 0 Å². The Kier molecular flexibility index (Phi) is 3.81. The van der Waals surface area contributed by atoms with Crippen molar-refractivity contribution in [3.63, 3.8) is 0 Å². The standard InChI is InChI=1S/C15H23NO2/c1-4-11-9-13(17-2)14(18-3)10-12(11)15(16)7-5-6-8-15/h9-10H,4-8,16H2,1-3H3. The fourth-order valence-electron chi connectivity index (χ4n) is 2.95. The molecule has 0 spiro atoms. The Hall–Kier alpha value is -1.22. The van der Waals surface area contributed by atoms with Crippen LogP contribution in [0.2, 0.25) is 0 Å². The Morgan fingerprint density at radius 3 is 2.17 bits per heavy atom. The van der Waals surface area contributed by atoms with Crippen LogP contribution < -0.4 is 15.2 Å². The van der Waals surface area contributed by atoms with Crippen LogP contribution in [0.5, 0.6) is 11.5 Å². The van der Waals surface area contributed by atoms with E-state index in [1.807, 2.05) is 0 Å². The SMILES string of the molecule is CCc1cc(OC)c(OC)cc1C1(N)CCCC1. The van der Waals surface area contributed by atoms with E-state index < -0.39 is 0 Å². The second kappa shape index (κ2) is 5.19. The summed E-state index contributed by atoms with van der Waals surface area (Å²) in [4.78, 5) is 0. The van der Waals surface area contributed by atoms with Crippen LogP contribution in [0.4, 0.5) is 0 Å². The maximum absolute atomic E-state index is 6.58. The molecule has 0 radical (unpaired) electrons. The first-order valence-electron chi connectivity index (χ1n) is 6.69. The first-order valence-corrected chi connectivity index (χ1v) is 6.69. The largest absolute Gasteiger partial charge is 0.493 e. The third-order valence-electron chi connectivity index (χ3n) is 4.02. The molecule has 0 heterocycles. The minimum atomic E-state index is -0.176. The number of nitrogens with two attached hydrogens (primary N) is 1. The van der Waals surface area contributed by atoms with Gasteiger partial charge in [-0.3, -0.25) is 0 Å². The van der Waals surface area contributed by atoms with Gasteiger partial charge >= 0.3 is 0 Å². The van der Waals surface area contributed by atoms with Gasteiger partial charge in [-0.1, -0.05) is 19.8 Å². The third kappa shape index (κ3) is 2.19. The van der Waals surface area contributed by atoms with Gasteiger partial charge in [-0.25, -0.2) is 0 Å². The summed E-state index contributed by atoms with van der Waals surface area (Å²) in [6.45, 7) is 2.16. The Labute approximate surface area is 109 Å². The lowest BCUT2D eigenvalue weighted by Crippen LogP contribution is -2.34. The molecule has 1 aliphatic rings. The van der Waals surface area contributed by atoms with Crippen LogP contribution in [-0.2, 0) is 12.0 Å². The Morgan fingerprint density at radius 1 is 1.11 bits per heavy atom. The van der Waals surface area contributed by atoms with Crippen molar-refractivity contribution in [2.24, 2.45) is 5.73 Å². The number of aryl methyl sites for hydroxylation is 1. The van der Waals surface area contributed by atoms with E-state index in [2.05, 4.69) is 19.1 Å². The van der Waals surface area contributed by atoms with Gasteiger partial charge in [0.25, 0.3) is 0 Å². The molecular formula is C15H23NO2. The molecule has 1 aromatic rings. The van der Waals surface area contributed by atoms with E-state index in [0.29, 0.717) is 0 Å². The zero-order valence-electron chi connectivity index (χ0n) is 11.6. The lowest BCUT2D eigenvalue weighted by atomic mass is 9.85. The predicted molar refractivity (Wildman–Crippen MR) is 73.3 cm³/mol. The van der Waals surface area contributed by atoms with Crippen LogP contribution in [-0.4, -0.2) is 14.2 Å². The zero-order chi connectivity index (χ0) is 13.2. The molecule has 0 saturated heterocycles. The van der Waals surface area contributed by atoms with E-state index in [0.717, 1.165) is 30.8 Å². The minimum Gasteiger partial charge on any atom is -0.493 e. The quantitative estimate of drug-likeness (QED) is 0.892. The summed E-state index contributed by atoms with van der Waals surface area (Å²) in [6.07, 6.45) is 5.53. The molecule has 100 valence electrons. The molecule has 0 amide bonds. The Balaban J connectivity index is 2.51. The first kappa shape index (κ1) is 13.2. The molecular weight excluding hydrogens is 226 g/mol. The number of benzene rings is 1. The van der Waals surface area contributed by atoms with E-state index >= 15 is 0 Å². The summed E-state index contributed by atoms with van der Waals surface area (Å²) in [5, 5.41) is 0. The lowest BCUT2D eigenvalue weighted by molar-refractivity contribution is 0.351. The van der Waals surface area contributed by atoms with Crippen molar-refractivity contribution in [3.05, 3.63) is 23.3 Å². The molecule has 1 fully saturated rings. The summed E-state index contributed by atoms with van der Waals surface area (Å²) in [5.74, 6) is 1.57. The fourth-order valence-corrected chi connectivity index (χ4v) is 2.95. The molecule has 0 aromatic heterocycles. The van der Waals surface area contributed by atoms with Crippen molar-refractivity contribution < 1.29 is 9.47 Å². The van der Waals surface area contributed by atoms with Crippen LogP contribution in [0.1, 0.15) is 43.7 Å². The molecule has 2 rings (SSSR count). The van der Waals surface area contributed by atoms with Crippen LogP contribution in [0, 0.1) is 0 Å². The molecule has 1 aliphatic carbocycles. The highest BCUT2D eigenvalue weighted by Crippen LogP contribution is 2.42. The molecule has 0 atom stereocenters. The normalized spacial score (nSPS) is 17.8. The number of rotatable bonds is 4. The van der Waals surface area contributed by atoms with Gasteiger partial charge in [0, 0.05) is 5.54 Å². The maximum atomic E-state index is 6.58. The summed E-state index contributed by atoms with van der Waals surface area (Å²) >= 11 is 0. The first-order chi connectivity index (χ1) is 8.64. The number of methoxy groups -OCH3 is 2. The van der Waals surface area contributed by atoms with E-state index in [1.165, 1.54) is 24.0 Å². The summed E-state index contributed by atoms with van der Waals surface area (Å²) in [7, 11) is 3.34. The van der Waals surface area contributed by atoms with Crippen LogP contribution in [0.3, 0.4) is 0 Å². The van der Waals surface area contributed by atoms with Gasteiger partial charge in [-0.2, -0.15) is 0 Å². The maximum Gasteiger partial charge on any atom is 0.161 e. The van der Waals surface area contributed by atoms with Gasteiger partial charge in [-0.05, 0) is 42.5 Å². The van der Waals surface area contributed by atoms with E-state index in [9.17, 15) is 0 Å². The van der Waals surface area contributed by atoms with Gasteiger partial charge in [-0.15, -0.1) is 0 Å². The number of ether oxygens (including phenoxy) is 2. The second-order valence-electron chi connectivity index (χ2n) is 5.08. The van der Waals surface area contributed by atoms with Crippen LogP contribution in [0.15, 0.2) is 12.1 Å². The third-order valence-corrected chi connectivity index (χ3v) is 4.02. The van der Waals surface area contributed by atoms with Crippen molar-refractivity contribution in [1.82, 2.24) is 0 Å². The number of hydrogen-bond donors (Lipinski definition) is 1. The van der Waals surface area contributed by atoms with Crippen molar-refractivity contribution in [3.8, 4) is 11.5 Å². The minimum absolute atomic E-state index is 0.176. The van der Waals surface area contributed by atoms with Gasteiger partial charge in [0.15, 0.2) is 11.5 Å². The van der Waals surface area contributed by atoms with E-state index in [-0.39, 0.29) is 5.54 Å². The Bertz CT molecular complexity index is 423. The highest BCUT2D eigenvalue weighted by Gasteiger charge is 2.33.